The lowest BCUT2D eigenvalue weighted by molar-refractivity contribution is -0.120. The minimum atomic E-state index is -3.60. The van der Waals surface area contributed by atoms with Crippen LogP contribution in [0.2, 0.25) is 0 Å². The van der Waals surface area contributed by atoms with Crippen LogP contribution in [0.25, 0.3) is 0 Å². The van der Waals surface area contributed by atoms with Crippen molar-refractivity contribution >= 4 is 27.3 Å². The summed E-state index contributed by atoms with van der Waals surface area (Å²) in [5, 5.41) is 11.7. The van der Waals surface area contributed by atoms with E-state index in [2.05, 4.69) is 5.16 Å². The van der Waals surface area contributed by atoms with Gasteiger partial charge >= 0.3 is 0 Å². The first-order valence-electron chi connectivity index (χ1n) is 6.08. The lowest BCUT2D eigenvalue weighted by Gasteiger charge is -2.29. The molecule has 0 aliphatic carbocycles. The Balaban J connectivity index is 3.34. The number of para-hydroxylation sites is 1. The highest BCUT2D eigenvalue weighted by atomic mass is 32.2. The fourth-order valence-electron chi connectivity index (χ4n) is 1.71. The van der Waals surface area contributed by atoms with Gasteiger partial charge in [-0.3, -0.25) is 4.79 Å². The zero-order chi connectivity index (χ0) is 16.4. The zero-order valence-electron chi connectivity index (χ0n) is 12.4. The molecule has 0 saturated heterocycles. The van der Waals surface area contributed by atoms with Crippen molar-refractivity contribution in [2.75, 3.05) is 18.2 Å². The van der Waals surface area contributed by atoms with Crippen LogP contribution in [0.4, 0.5) is 5.69 Å². The van der Waals surface area contributed by atoms with Crippen molar-refractivity contribution in [3.05, 3.63) is 29.8 Å². The number of carbonyl (C=O) groups is 1. The van der Waals surface area contributed by atoms with Crippen molar-refractivity contribution in [3.63, 3.8) is 0 Å². The molecule has 0 unspecified atom stereocenters. The minimum Gasteiger partial charge on any atom is -0.409 e. The molecule has 0 heterocycles. The number of hydrogen-bond acceptors (Lipinski definition) is 5. The molecule has 0 aliphatic heterocycles. The quantitative estimate of drug-likeness (QED) is 0.365. The molecule has 1 rings (SSSR count). The van der Waals surface area contributed by atoms with Crippen molar-refractivity contribution in [1.82, 2.24) is 0 Å². The van der Waals surface area contributed by atoms with Gasteiger partial charge in [0.1, 0.15) is 4.75 Å². The number of benzene rings is 1. The number of amides is 1. The van der Waals surface area contributed by atoms with Gasteiger partial charge in [0.25, 0.3) is 0 Å². The third kappa shape index (κ3) is 3.15. The van der Waals surface area contributed by atoms with Crippen LogP contribution < -0.4 is 10.6 Å². The number of amidine groups is 1. The van der Waals surface area contributed by atoms with Crippen molar-refractivity contribution < 1.29 is 18.4 Å². The van der Waals surface area contributed by atoms with Crippen LogP contribution in [0.1, 0.15) is 19.4 Å². The van der Waals surface area contributed by atoms with Crippen molar-refractivity contribution in [3.8, 4) is 0 Å². The van der Waals surface area contributed by atoms with Crippen LogP contribution in [-0.4, -0.2) is 43.4 Å². The summed E-state index contributed by atoms with van der Waals surface area (Å²) in [6, 6.07) is 6.49. The Labute approximate surface area is 124 Å². The Bertz CT molecular complexity index is 680. The van der Waals surface area contributed by atoms with Crippen LogP contribution in [0.5, 0.6) is 0 Å². The first-order chi connectivity index (χ1) is 9.54. The standard InChI is InChI=1S/C13H19N3O4S/c1-13(2,21(4,19)20)12(17)16(3)10-8-6-5-7-9(10)11(14)15-18/h5-8,18H,1-4H3,(H2,14,15). The van der Waals surface area contributed by atoms with Gasteiger partial charge in [-0.1, -0.05) is 17.3 Å². The number of sulfone groups is 1. The lowest BCUT2D eigenvalue weighted by Crippen LogP contribution is -2.48. The summed E-state index contributed by atoms with van der Waals surface area (Å²) >= 11 is 0. The fraction of sp³-hybridized carbons (Fsp3) is 0.385. The van der Waals surface area contributed by atoms with Gasteiger partial charge in [0.15, 0.2) is 15.7 Å². The number of nitrogens with zero attached hydrogens (tertiary/aromatic N) is 2. The van der Waals surface area contributed by atoms with E-state index in [-0.39, 0.29) is 5.84 Å². The van der Waals surface area contributed by atoms with E-state index in [0.29, 0.717) is 11.3 Å². The average molecular weight is 313 g/mol. The molecule has 0 atom stereocenters. The maximum Gasteiger partial charge on any atom is 0.247 e. The maximum atomic E-state index is 12.5. The predicted molar refractivity (Wildman–Crippen MR) is 81.3 cm³/mol. The van der Waals surface area contributed by atoms with Gasteiger partial charge in [-0.05, 0) is 26.0 Å². The van der Waals surface area contributed by atoms with E-state index < -0.39 is 20.5 Å². The Hall–Kier alpha value is -2.09. The van der Waals surface area contributed by atoms with Gasteiger partial charge in [0.05, 0.1) is 5.69 Å². The number of nitrogens with two attached hydrogens (primary N) is 1. The van der Waals surface area contributed by atoms with Crippen LogP contribution in [0, 0.1) is 0 Å². The summed E-state index contributed by atoms with van der Waals surface area (Å²) in [5.41, 5.74) is 6.26. The topological polar surface area (TPSA) is 113 Å². The van der Waals surface area contributed by atoms with E-state index in [1.54, 1.807) is 24.3 Å². The average Bonchev–Trinajstić information content (AvgIpc) is 2.43. The molecule has 1 amide bonds. The maximum absolute atomic E-state index is 12.5. The summed E-state index contributed by atoms with van der Waals surface area (Å²) in [6.07, 6.45) is 1.01. The van der Waals surface area contributed by atoms with Gasteiger partial charge in [-0.2, -0.15) is 0 Å². The molecule has 116 valence electrons. The first kappa shape index (κ1) is 17.0. The van der Waals surface area contributed by atoms with Gasteiger partial charge < -0.3 is 15.8 Å². The van der Waals surface area contributed by atoms with Crippen molar-refractivity contribution in [2.45, 2.75) is 18.6 Å². The fourth-order valence-corrected chi connectivity index (χ4v) is 2.16. The third-order valence-corrected chi connectivity index (χ3v) is 5.42. The SMILES string of the molecule is CN(C(=O)C(C)(C)S(C)(=O)=O)c1ccccc1/C(N)=N/O. The van der Waals surface area contributed by atoms with E-state index >= 15 is 0 Å². The summed E-state index contributed by atoms with van der Waals surface area (Å²) in [4.78, 5) is 13.7. The van der Waals surface area contributed by atoms with E-state index in [9.17, 15) is 13.2 Å². The second-order valence-electron chi connectivity index (χ2n) is 5.15. The third-order valence-electron chi connectivity index (χ3n) is 3.40. The van der Waals surface area contributed by atoms with Gasteiger partial charge in [0, 0.05) is 18.9 Å². The lowest BCUT2D eigenvalue weighted by atomic mass is 10.1. The molecule has 1 aromatic carbocycles. The molecule has 3 N–H and O–H groups in total. The molecule has 0 fully saturated rings. The first-order valence-corrected chi connectivity index (χ1v) is 7.98. The molecule has 7 nitrogen and oxygen atoms in total. The van der Waals surface area contributed by atoms with E-state index in [1.807, 2.05) is 0 Å². The zero-order valence-corrected chi connectivity index (χ0v) is 13.2. The van der Waals surface area contributed by atoms with Gasteiger partial charge in [0.2, 0.25) is 5.91 Å². The number of rotatable bonds is 4. The molecule has 0 spiro atoms. The molecule has 21 heavy (non-hydrogen) atoms. The second kappa shape index (κ2) is 5.72. The molecule has 0 radical (unpaired) electrons. The van der Waals surface area contributed by atoms with Crippen LogP contribution in [0.15, 0.2) is 29.4 Å². The van der Waals surface area contributed by atoms with E-state index in [1.165, 1.54) is 25.8 Å². The van der Waals surface area contributed by atoms with Crippen LogP contribution >= 0.6 is 0 Å². The molecule has 1 aromatic rings. The van der Waals surface area contributed by atoms with E-state index in [4.69, 9.17) is 10.9 Å². The van der Waals surface area contributed by atoms with Crippen molar-refractivity contribution in [2.24, 2.45) is 10.9 Å². The monoisotopic (exact) mass is 313 g/mol. The number of hydrogen-bond donors (Lipinski definition) is 2. The highest BCUT2D eigenvalue weighted by Gasteiger charge is 2.41. The Morgan fingerprint density at radius 1 is 1.33 bits per heavy atom. The van der Waals surface area contributed by atoms with Crippen molar-refractivity contribution in [1.29, 1.82) is 0 Å². The molecular weight excluding hydrogens is 294 g/mol. The Kier molecular flexibility index (Phi) is 4.62. The van der Waals surface area contributed by atoms with E-state index in [0.717, 1.165) is 6.26 Å². The van der Waals surface area contributed by atoms with Gasteiger partial charge in [-0.25, -0.2) is 8.42 Å². The smallest absolute Gasteiger partial charge is 0.247 e. The molecule has 0 bridgehead atoms. The molecule has 8 heteroatoms. The van der Waals surface area contributed by atoms with Gasteiger partial charge in [-0.15, -0.1) is 0 Å². The predicted octanol–water partition coefficient (Wildman–Crippen LogP) is 0.567. The van der Waals surface area contributed by atoms with Crippen LogP contribution in [-0.2, 0) is 14.6 Å². The number of carbonyl (C=O) groups excluding carboxylic acids is 1. The minimum absolute atomic E-state index is 0.164. The Morgan fingerprint density at radius 2 is 1.86 bits per heavy atom. The highest BCUT2D eigenvalue weighted by Crippen LogP contribution is 2.25. The number of oxime groups is 1. The molecular formula is C13H19N3O4S. The normalized spacial score (nSPS) is 13.0. The largest absolute Gasteiger partial charge is 0.409 e. The summed E-state index contributed by atoms with van der Waals surface area (Å²) in [7, 11) is -2.15. The molecule has 0 aromatic heterocycles. The molecule has 0 aliphatic rings. The number of anilines is 1. The molecule has 0 saturated carbocycles. The highest BCUT2D eigenvalue weighted by molar-refractivity contribution is 7.92. The second-order valence-corrected chi connectivity index (χ2v) is 7.71. The Morgan fingerprint density at radius 3 is 2.33 bits per heavy atom. The summed E-state index contributed by atoms with van der Waals surface area (Å²) in [5.74, 6) is -0.773. The summed E-state index contributed by atoms with van der Waals surface area (Å²) in [6.45, 7) is 2.68. The summed E-state index contributed by atoms with van der Waals surface area (Å²) < 4.78 is 22.0. The van der Waals surface area contributed by atoms with Crippen LogP contribution in [0.3, 0.4) is 0 Å².